The van der Waals surface area contributed by atoms with Crippen molar-refractivity contribution in [2.45, 2.75) is 27.2 Å². The van der Waals surface area contributed by atoms with Gasteiger partial charge >= 0.3 is 0 Å². The third-order valence-electron chi connectivity index (χ3n) is 2.43. The van der Waals surface area contributed by atoms with E-state index in [0.29, 0.717) is 6.54 Å². The van der Waals surface area contributed by atoms with E-state index in [2.05, 4.69) is 18.3 Å². The summed E-state index contributed by atoms with van der Waals surface area (Å²) in [5.41, 5.74) is 2.91. The van der Waals surface area contributed by atoms with E-state index in [1.165, 1.54) is 0 Å². The Labute approximate surface area is 97.4 Å². The summed E-state index contributed by atoms with van der Waals surface area (Å²) in [6.07, 6.45) is 5.08. The van der Waals surface area contributed by atoms with Crippen LogP contribution in [0.4, 0.5) is 0 Å². The van der Waals surface area contributed by atoms with Gasteiger partial charge in [-0.15, -0.1) is 0 Å². The molecule has 0 aliphatic rings. The minimum atomic E-state index is 0.00181. The molecule has 1 aromatic rings. The number of aryl methyl sites for hydroxylation is 1. The molecule has 86 valence electrons. The Hall–Kier alpha value is -1.57. The molecule has 1 N–H and O–H groups in total. The van der Waals surface area contributed by atoms with Crippen LogP contribution in [-0.4, -0.2) is 12.5 Å². The fraction of sp³-hybridized carbons (Fsp3) is 0.357. The van der Waals surface area contributed by atoms with Crippen LogP contribution in [0.3, 0.4) is 0 Å². The van der Waals surface area contributed by atoms with Crippen LogP contribution in [0.5, 0.6) is 0 Å². The molecule has 1 amide bonds. The van der Waals surface area contributed by atoms with Gasteiger partial charge in [-0.05, 0) is 37.5 Å². The lowest BCUT2D eigenvalue weighted by molar-refractivity contribution is 0.0955. The number of nitrogens with one attached hydrogen (secondary N) is 1. The molecule has 0 saturated heterocycles. The molecule has 0 fully saturated rings. The number of allylic oxidation sites excluding steroid dienone is 1. The minimum absolute atomic E-state index is 0.00181. The van der Waals surface area contributed by atoms with Crippen LogP contribution in [0.25, 0.3) is 6.08 Å². The third-order valence-corrected chi connectivity index (χ3v) is 2.43. The summed E-state index contributed by atoms with van der Waals surface area (Å²) in [5.74, 6) is 0.00181. The summed E-state index contributed by atoms with van der Waals surface area (Å²) in [6, 6.07) is 5.81. The Kier molecular flexibility index (Phi) is 4.77. The Bertz CT molecular complexity index is 394. The molecule has 2 heteroatoms. The molecule has 0 aliphatic heterocycles. The monoisotopic (exact) mass is 217 g/mol. The van der Waals surface area contributed by atoms with Crippen molar-refractivity contribution in [3.63, 3.8) is 0 Å². The van der Waals surface area contributed by atoms with Crippen molar-refractivity contribution in [2.24, 2.45) is 0 Å². The Morgan fingerprint density at radius 1 is 1.38 bits per heavy atom. The number of carbonyl (C=O) groups excluding carboxylic acids is 1. The maximum atomic E-state index is 11.8. The molecule has 0 aliphatic carbocycles. The van der Waals surface area contributed by atoms with Gasteiger partial charge < -0.3 is 5.32 Å². The largest absolute Gasteiger partial charge is 0.352 e. The van der Waals surface area contributed by atoms with Crippen LogP contribution in [0.15, 0.2) is 24.3 Å². The molecule has 0 atom stereocenters. The van der Waals surface area contributed by atoms with Gasteiger partial charge in [-0.2, -0.15) is 0 Å². The number of rotatable bonds is 4. The van der Waals surface area contributed by atoms with E-state index in [0.717, 1.165) is 23.1 Å². The van der Waals surface area contributed by atoms with Gasteiger partial charge in [0.2, 0.25) is 0 Å². The summed E-state index contributed by atoms with van der Waals surface area (Å²) in [6.45, 7) is 6.69. The van der Waals surface area contributed by atoms with Gasteiger partial charge in [0.05, 0.1) is 0 Å². The molecule has 0 bridgehead atoms. The second-order valence-electron chi connectivity index (χ2n) is 3.71. The molecule has 0 aromatic heterocycles. The average molecular weight is 217 g/mol. The lowest BCUT2D eigenvalue weighted by Crippen LogP contribution is -2.23. The van der Waals surface area contributed by atoms with Crippen LogP contribution < -0.4 is 5.32 Å². The lowest BCUT2D eigenvalue weighted by atomic mass is 10.0. The van der Waals surface area contributed by atoms with Crippen molar-refractivity contribution in [2.75, 3.05) is 6.54 Å². The lowest BCUT2D eigenvalue weighted by Gasteiger charge is -2.08. The third kappa shape index (κ3) is 2.96. The zero-order valence-corrected chi connectivity index (χ0v) is 10.2. The first-order chi connectivity index (χ1) is 7.70. The average Bonchev–Trinajstić information content (AvgIpc) is 2.27. The summed E-state index contributed by atoms with van der Waals surface area (Å²) in [4.78, 5) is 11.8. The van der Waals surface area contributed by atoms with E-state index < -0.39 is 0 Å². The fourth-order valence-electron chi connectivity index (χ4n) is 1.59. The van der Waals surface area contributed by atoms with Gasteiger partial charge in [0.25, 0.3) is 5.91 Å². The summed E-state index contributed by atoms with van der Waals surface area (Å²) in [7, 11) is 0. The molecule has 0 spiro atoms. The van der Waals surface area contributed by atoms with Crippen molar-refractivity contribution >= 4 is 12.0 Å². The normalized spacial score (nSPS) is 10.7. The van der Waals surface area contributed by atoms with Crippen LogP contribution in [0.1, 0.15) is 41.8 Å². The van der Waals surface area contributed by atoms with Crippen LogP contribution in [0.2, 0.25) is 0 Å². The summed E-state index contributed by atoms with van der Waals surface area (Å²) in [5, 5.41) is 2.83. The highest BCUT2D eigenvalue weighted by molar-refractivity contribution is 5.98. The molecule has 1 aromatic carbocycles. The maximum Gasteiger partial charge on any atom is 0.251 e. The zero-order chi connectivity index (χ0) is 12.0. The van der Waals surface area contributed by atoms with Crippen molar-refractivity contribution < 1.29 is 4.79 Å². The summed E-state index contributed by atoms with van der Waals surface area (Å²) >= 11 is 0. The van der Waals surface area contributed by atoms with Gasteiger partial charge in [0.15, 0.2) is 0 Å². The van der Waals surface area contributed by atoms with E-state index >= 15 is 0 Å². The second-order valence-corrected chi connectivity index (χ2v) is 3.71. The Balaban J connectivity index is 3.12. The van der Waals surface area contributed by atoms with Gasteiger partial charge in [-0.1, -0.05) is 31.2 Å². The number of carbonyl (C=O) groups is 1. The van der Waals surface area contributed by atoms with Crippen molar-refractivity contribution in [3.8, 4) is 0 Å². The van der Waals surface area contributed by atoms with E-state index in [-0.39, 0.29) is 5.91 Å². The standard InChI is InChI=1S/C14H19NO/c1-4-6-9-12-11(3)8-7-10-13(12)14(16)15-5-2/h6-10H,4-5H2,1-3H3,(H,15,16)/b9-6-. The van der Waals surface area contributed by atoms with Crippen LogP contribution in [-0.2, 0) is 0 Å². The van der Waals surface area contributed by atoms with Crippen molar-refractivity contribution in [1.82, 2.24) is 5.32 Å². The van der Waals surface area contributed by atoms with E-state index in [4.69, 9.17) is 0 Å². The fourth-order valence-corrected chi connectivity index (χ4v) is 1.59. The van der Waals surface area contributed by atoms with Crippen LogP contribution in [0, 0.1) is 6.92 Å². The first-order valence-electron chi connectivity index (χ1n) is 5.75. The number of amides is 1. The molecule has 0 saturated carbocycles. The first kappa shape index (κ1) is 12.5. The van der Waals surface area contributed by atoms with Gasteiger partial charge in [-0.3, -0.25) is 4.79 Å². The SMILES string of the molecule is CC/C=C\c1c(C)cccc1C(=O)NCC. The highest BCUT2D eigenvalue weighted by atomic mass is 16.1. The topological polar surface area (TPSA) is 29.1 Å². The number of hydrogen-bond donors (Lipinski definition) is 1. The molecule has 2 nitrogen and oxygen atoms in total. The highest BCUT2D eigenvalue weighted by Gasteiger charge is 2.09. The second kappa shape index (κ2) is 6.11. The Morgan fingerprint density at radius 2 is 2.12 bits per heavy atom. The first-order valence-corrected chi connectivity index (χ1v) is 5.75. The van der Waals surface area contributed by atoms with Crippen molar-refractivity contribution in [3.05, 3.63) is 41.0 Å². The van der Waals surface area contributed by atoms with Gasteiger partial charge in [-0.25, -0.2) is 0 Å². The number of benzene rings is 1. The van der Waals surface area contributed by atoms with E-state index in [9.17, 15) is 4.79 Å². The minimum Gasteiger partial charge on any atom is -0.352 e. The van der Waals surface area contributed by atoms with Gasteiger partial charge in [0, 0.05) is 12.1 Å². The predicted molar refractivity (Wildman–Crippen MR) is 68.5 cm³/mol. The zero-order valence-electron chi connectivity index (χ0n) is 10.2. The van der Waals surface area contributed by atoms with Crippen LogP contribution >= 0.6 is 0 Å². The van der Waals surface area contributed by atoms with Crippen molar-refractivity contribution in [1.29, 1.82) is 0 Å². The molecule has 1 rings (SSSR count). The summed E-state index contributed by atoms with van der Waals surface area (Å²) < 4.78 is 0. The molecule has 0 unspecified atom stereocenters. The smallest absolute Gasteiger partial charge is 0.251 e. The predicted octanol–water partition coefficient (Wildman–Crippen LogP) is 3.17. The molecule has 0 radical (unpaired) electrons. The quantitative estimate of drug-likeness (QED) is 0.824. The van der Waals surface area contributed by atoms with E-state index in [1.54, 1.807) is 0 Å². The molecule has 16 heavy (non-hydrogen) atoms. The van der Waals surface area contributed by atoms with E-state index in [1.807, 2.05) is 38.1 Å². The maximum absolute atomic E-state index is 11.8. The molecular weight excluding hydrogens is 198 g/mol. The molecular formula is C14H19NO. The highest BCUT2D eigenvalue weighted by Crippen LogP contribution is 2.16. The number of hydrogen-bond acceptors (Lipinski definition) is 1. The molecule has 0 heterocycles. The Morgan fingerprint density at radius 3 is 2.75 bits per heavy atom. The van der Waals surface area contributed by atoms with Gasteiger partial charge in [0.1, 0.15) is 0 Å².